The van der Waals surface area contributed by atoms with E-state index in [1.54, 1.807) is 6.20 Å². The van der Waals surface area contributed by atoms with Crippen molar-refractivity contribution in [2.75, 3.05) is 49.5 Å². The molecule has 4 heterocycles. The van der Waals surface area contributed by atoms with E-state index in [9.17, 15) is 9.59 Å². The lowest BCUT2D eigenvalue weighted by Crippen LogP contribution is -2.49. The van der Waals surface area contributed by atoms with Crippen molar-refractivity contribution >= 4 is 23.3 Å². The van der Waals surface area contributed by atoms with Crippen LogP contribution in [0.3, 0.4) is 0 Å². The highest BCUT2D eigenvalue weighted by molar-refractivity contribution is 6.04. The second kappa shape index (κ2) is 7.94. The number of rotatable bonds is 5. The van der Waals surface area contributed by atoms with Crippen LogP contribution >= 0.6 is 0 Å². The maximum absolute atomic E-state index is 13.4. The molecule has 1 aromatic rings. The van der Waals surface area contributed by atoms with E-state index in [0.717, 1.165) is 51.3 Å². The number of carbonyl (C=O) groups excluding carboxylic acids is 2. The van der Waals surface area contributed by atoms with Crippen LogP contribution in [0.1, 0.15) is 55.3 Å². The van der Waals surface area contributed by atoms with Gasteiger partial charge in [0.15, 0.2) is 0 Å². The van der Waals surface area contributed by atoms with Crippen molar-refractivity contribution in [3.05, 3.63) is 17.8 Å². The molecule has 3 aliphatic heterocycles. The summed E-state index contributed by atoms with van der Waals surface area (Å²) in [6.45, 7) is 5.14. The van der Waals surface area contributed by atoms with Gasteiger partial charge in [0, 0.05) is 31.9 Å². The van der Waals surface area contributed by atoms with E-state index in [-0.39, 0.29) is 24.4 Å². The van der Waals surface area contributed by atoms with Crippen molar-refractivity contribution in [1.82, 2.24) is 14.8 Å². The molecular formula is C22H31N5O2. The number of amides is 2. The first-order chi connectivity index (χ1) is 14.2. The quantitative estimate of drug-likeness (QED) is 0.826. The SMILES string of the molecule is O=C1CNc2ncc(C(=O)N3CCCCC3CN3CCCC3)cc2N1CC1CC1. The van der Waals surface area contributed by atoms with Crippen LogP contribution in [0.25, 0.3) is 0 Å². The van der Waals surface area contributed by atoms with Gasteiger partial charge in [-0.1, -0.05) is 0 Å². The second-order valence-electron chi connectivity index (χ2n) is 9.05. The molecule has 7 heteroatoms. The maximum atomic E-state index is 13.4. The molecule has 1 saturated carbocycles. The summed E-state index contributed by atoms with van der Waals surface area (Å²) < 4.78 is 0. The van der Waals surface area contributed by atoms with Gasteiger partial charge in [-0.3, -0.25) is 9.59 Å². The first kappa shape index (κ1) is 18.9. The molecule has 29 heavy (non-hydrogen) atoms. The minimum atomic E-state index is 0.0635. The Bertz CT molecular complexity index is 787. The predicted octanol–water partition coefficient (Wildman–Crippen LogP) is 2.34. The molecular weight excluding hydrogens is 366 g/mol. The molecule has 2 amide bonds. The molecule has 156 valence electrons. The Morgan fingerprint density at radius 3 is 2.66 bits per heavy atom. The van der Waals surface area contributed by atoms with E-state index >= 15 is 0 Å². The van der Waals surface area contributed by atoms with Crippen molar-refractivity contribution in [3.8, 4) is 0 Å². The van der Waals surface area contributed by atoms with E-state index in [2.05, 4.69) is 20.1 Å². The highest BCUT2D eigenvalue weighted by atomic mass is 16.2. The number of likely N-dealkylation sites (tertiary alicyclic amines) is 2. The fourth-order valence-corrected chi connectivity index (χ4v) is 4.95. The van der Waals surface area contributed by atoms with Gasteiger partial charge in [0.1, 0.15) is 5.82 Å². The van der Waals surface area contributed by atoms with Crippen LogP contribution in [0.5, 0.6) is 0 Å². The zero-order valence-corrected chi connectivity index (χ0v) is 17.1. The Labute approximate surface area is 172 Å². The third kappa shape index (κ3) is 3.97. The summed E-state index contributed by atoms with van der Waals surface area (Å²) in [6, 6.07) is 2.17. The van der Waals surface area contributed by atoms with Crippen LogP contribution in [-0.4, -0.2) is 71.9 Å². The summed E-state index contributed by atoms with van der Waals surface area (Å²) in [6.07, 6.45) is 9.93. The Hall–Kier alpha value is -2.15. The number of aromatic nitrogens is 1. The molecule has 5 rings (SSSR count). The van der Waals surface area contributed by atoms with Crippen LogP contribution < -0.4 is 10.2 Å². The van der Waals surface area contributed by atoms with Gasteiger partial charge < -0.3 is 20.0 Å². The van der Waals surface area contributed by atoms with Crippen molar-refractivity contribution in [1.29, 1.82) is 0 Å². The lowest BCUT2D eigenvalue weighted by Gasteiger charge is -2.38. The molecule has 2 saturated heterocycles. The minimum absolute atomic E-state index is 0.0635. The van der Waals surface area contributed by atoms with E-state index in [0.29, 0.717) is 17.3 Å². The normalized spacial score (nSPS) is 25.1. The van der Waals surface area contributed by atoms with Crippen molar-refractivity contribution in [2.24, 2.45) is 5.92 Å². The van der Waals surface area contributed by atoms with Crippen LogP contribution in [-0.2, 0) is 4.79 Å². The monoisotopic (exact) mass is 397 g/mol. The first-order valence-electron chi connectivity index (χ1n) is 11.3. The van der Waals surface area contributed by atoms with Gasteiger partial charge in [-0.25, -0.2) is 4.98 Å². The average molecular weight is 398 g/mol. The smallest absolute Gasteiger partial charge is 0.255 e. The first-order valence-corrected chi connectivity index (χ1v) is 11.3. The molecule has 1 aliphatic carbocycles. The van der Waals surface area contributed by atoms with Gasteiger partial charge in [-0.2, -0.15) is 0 Å². The van der Waals surface area contributed by atoms with E-state index in [4.69, 9.17) is 0 Å². The zero-order chi connectivity index (χ0) is 19.8. The largest absolute Gasteiger partial charge is 0.359 e. The molecule has 1 atom stereocenters. The Balaban J connectivity index is 1.37. The molecule has 1 aromatic heterocycles. The fraction of sp³-hybridized carbons (Fsp3) is 0.682. The Kier molecular flexibility index (Phi) is 5.16. The summed E-state index contributed by atoms with van der Waals surface area (Å²) in [5.74, 6) is 1.44. The van der Waals surface area contributed by atoms with Gasteiger partial charge in [-0.15, -0.1) is 0 Å². The van der Waals surface area contributed by atoms with E-state index < -0.39 is 0 Å². The summed E-state index contributed by atoms with van der Waals surface area (Å²) in [5, 5.41) is 3.10. The number of hydrogen-bond donors (Lipinski definition) is 1. The molecule has 3 fully saturated rings. The van der Waals surface area contributed by atoms with Gasteiger partial charge in [0.25, 0.3) is 5.91 Å². The molecule has 1 N–H and O–H groups in total. The minimum Gasteiger partial charge on any atom is -0.359 e. The molecule has 0 radical (unpaired) electrons. The third-order valence-corrected chi connectivity index (χ3v) is 6.81. The third-order valence-electron chi connectivity index (χ3n) is 6.81. The Morgan fingerprint density at radius 2 is 1.86 bits per heavy atom. The topological polar surface area (TPSA) is 68.8 Å². The summed E-state index contributed by atoms with van der Waals surface area (Å²) in [5.41, 5.74) is 1.38. The number of pyridine rings is 1. The lowest BCUT2D eigenvalue weighted by atomic mass is 10.00. The second-order valence-corrected chi connectivity index (χ2v) is 9.05. The highest BCUT2D eigenvalue weighted by Crippen LogP contribution is 2.35. The fourth-order valence-electron chi connectivity index (χ4n) is 4.95. The lowest BCUT2D eigenvalue weighted by molar-refractivity contribution is -0.117. The highest BCUT2D eigenvalue weighted by Gasteiger charge is 2.34. The average Bonchev–Trinajstić information content (AvgIpc) is 3.43. The maximum Gasteiger partial charge on any atom is 0.255 e. The standard InChI is InChI=1S/C22H31N5O2/c28-20-13-24-21-19(27(20)14-16-6-7-16)11-17(12-23-21)22(29)26-10-2-1-5-18(26)15-25-8-3-4-9-25/h11-12,16,18H,1-10,13-15H2,(H,23,24). The van der Waals surface area contributed by atoms with Crippen molar-refractivity contribution in [3.63, 3.8) is 0 Å². The number of piperidine rings is 1. The summed E-state index contributed by atoms with van der Waals surface area (Å²) in [4.78, 5) is 36.8. The van der Waals surface area contributed by atoms with Crippen LogP contribution in [0.4, 0.5) is 11.5 Å². The Morgan fingerprint density at radius 1 is 1.07 bits per heavy atom. The molecule has 0 spiro atoms. The van der Waals surface area contributed by atoms with Gasteiger partial charge >= 0.3 is 0 Å². The number of fused-ring (bicyclic) bond motifs is 1. The van der Waals surface area contributed by atoms with E-state index in [1.165, 1.54) is 32.1 Å². The molecule has 7 nitrogen and oxygen atoms in total. The summed E-state index contributed by atoms with van der Waals surface area (Å²) in [7, 11) is 0. The van der Waals surface area contributed by atoms with Crippen LogP contribution in [0.2, 0.25) is 0 Å². The predicted molar refractivity (Wildman–Crippen MR) is 112 cm³/mol. The zero-order valence-electron chi connectivity index (χ0n) is 17.1. The molecule has 4 aliphatic rings. The molecule has 1 unspecified atom stereocenters. The molecule has 0 aromatic carbocycles. The number of nitrogens with one attached hydrogen (secondary N) is 1. The van der Waals surface area contributed by atoms with Gasteiger partial charge in [-0.05, 0) is 70.0 Å². The summed E-state index contributed by atoms with van der Waals surface area (Å²) >= 11 is 0. The van der Waals surface area contributed by atoms with Crippen molar-refractivity contribution < 1.29 is 9.59 Å². The number of hydrogen-bond acceptors (Lipinski definition) is 5. The number of anilines is 2. The molecule has 0 bridgehead atoms. The van der Waals surface area contributed by atoms with Gasteiger partial charge in [0.05, 0.1) is 17.8 Å². The van der Waals surface area contributed by atoms with Crippen molar-refractivity contribution in [2.45, 2.75) is 51.0 Å². The number of nitrogens with zero attached hydrogens (tertiary/aromatic N) is 4. The van der Waals surface area contributed by atoms with Crippen LogP contribution in [0.15, 0.2) is 12.3 Å². The van der Waals surface area contributed by atoms with E-state index in [1.807, 2.05) is 11.0 Å². The van der Waals surface area contributed by atoms with Gasteiger partial charge in [0.2, 0.25) is 5.91 Å². The van der Waals surface area contributed by atoms with Crippen LogP contribution in [0, 0.1) is 5.92 Å². The number of carbonyl (C=O) groups is 2.